The maximum Gasteiger partial charge on any atom is 0.356 e. The predicted molar refractivity (Wildman–Crippen MR) is 85.4 cm³/mol. The number of pyridine rings is 1. The van der Waals surface area contributed by atoms with Crippen molar-refractivity contribution in [3.63, 3.8) is 0 Å². The molecule has 0 spiro atoms. The highest BCUT2D eigenvalue weighted by Gasteiger charge is 2.32. The average Bonchev–Trinajstić information content (AvgIpc) is 3.44. The molecular formula is C17H21N3O4. The van der Waals surface area contributed by atoms with E-state index in [4.69, 9.17) is 0 Å². The molecule has 2 fully saturated rings. The fourth-order valence-electron chi connectivity index (χ4n) is 2.86. The third kappa shape index (κ3) is 3.72. The lowest BCUT2D eigenvalue weighted by atomic mass is 9.96. The number of carbonyl (C=O) groups is 3. The Morgan fingerprint density at radius 2 is 1.96 bits per heavy atom. The first-order chi connectivity index (χ1) is 11.6. The molecule has 1 aromatic rings. The summed E-state index contributed by atoms with van der Waals surface area (Å²) in [6.45, 7) is 0.984. The Morgan fingerprint density at radius 1 is 1.21 bits per heavy atom. The van der Waals surface area contributed by atoms with Crippen molar-refractivity contribution < 1.29 is 19.1 Å². The number of rotatable bonds is 4. The van der Waals surface area contributed by atoms with E-state index in [-0.39, 0.29) is 29.1 Å². The molecule has 2 aliphatic rings. The monoisotopic (exact) mass is 331 g/mol. The van der Waals surface area contributed by atoms with E-state index in [1.165, 1.54) is 13.2 Å². The van der Waals surface area contributed by atoms with Crippen LogP contribution in [0.25, 0.3) is 0 Å². The molecule has 0 bridgehead atoms. The fraction of sp³-hybridized carbons (Fsp3) is 0.529. The van der Waals surface area contributed by atoms with Gasteiger partial charge in [-0.05, 0) is 37.8 Å². The van der Waals surface area contributed by atoms with Crippen LogP contribution in [0.1, 0.15) is 46.7 Å². The number of nitrogens with one attached hydrogen (secondary N) is 1. The zero-order valence-electron chi connectivity index (χ0n) is 13.7. The number of amides is 2. The van der Waals surface area contributed by atoms with Gasteiger partial charge >= 0.3 is 5.97 Å². The number of carbonyl (C=O) groups excluding carboxylic acids is 3. The molecule has 0 aromatic carbocycles. The van der Waals surface area contributed by atoms with Gasteiger partial charge in [-0.1, -0.05) is 6.07 Å². The summed E-state index contributed by atoms with van der Waals surface area (Å²) < 4.78 is 4.63. The molecule has 0 unspecified atom stereocenters. The van der Waals surface area contributed by atoms with Crippen LogP contribution in [-0.2, 0) is 9.53 Å². The molecule has 1 aliphatic carbocycles. The van der Waals surface area contributed by atoms with Crippen LogP contribution in [-0.4, -0.2) is 53.9 Å². The lowest BCUT2D eigenvalue weighted by molar-refractivity contribution is -0.126. The Bertz CT molecular complexity index is 657. The Balaban J connectivity index is 1.67. The fourth-order valence-corrected chi connectivity index (χ4v) is 2.86. The van der Waals surface area contributed by atoms with Crippen molar-refractivity contribution in [1.82, 2.24) is 15.2 Å². The molecule has 7 nitrogen and oxygen atoms in total. The van der Waals surface area contributed by atoms with E-state index in [0.717, 1.165) is 25.7 Å². The quantitative estimate of drug-likeness (QED) is 0.832. The number of likely N-dealkylation sites (tertiary alicyclic amines) is 1. The normalized spacial score (nSPS) is 20.4. The summed E-state index contributed by atoms with van der Waals surface area (Å²) in [5.41, 5.74) is 0.296. The number of hydrogen-bond donors (Lipinski definition) is 1. The summed E-state index contributed by atoms with van der Waals surface area (Å²) >= 11 is 0. The van der Waals surface area contributed by atoms with Gasteiger partial charge in [0.1, 0.15) is 11.4 Å². The maximum atomic E-state index is 12.6. The van der Waals surface area contributed by atoms with Crippen LogP contribution in [0.4, 0.5) is 0 Å². The van der Waals surface area contributed by atoms with E-state index in [1.807, 2.05) is 0 Å². The minimum Gasteiger partial charge on any atom is -0.464 e. The Kier molecular flexibility index (Phi) is 4.78. The molecule has 2 amide bonds. The third-order valence-electron chi connectivity index (χ3n) is 4.37. The minimum atomic E-state index is -0.579. The largest absolute Gasteiger partial charge is 0.464 e. The van der Waals surface area contributed by atoms with Crippen molar-refractivity contribution in [2.24, 2.45) is 5.92 Å². The Morgan fingerprint density at radius 3 is 2.67 bits per heavy atom. The summed E-state index contributed by atoms with van der Waals surface area (Å²) in [6.07, 6.45) is 3.67. The van der Waals surface area contributed by atoms with Crippen molar-refractivity contribution in [3.05, 3.63) is 29.6 Å². The summed E-state index contributed by atoms with van der Waals surface area (Å²) in [4.78, 5) is 42.1. The molecule has 1 saturated heterocycles. The molecule has 24 heavy (non-hydrogen) atoms. The van der Waals surface area contributed by atoms with Gasteiger partial charge < -0.3 is 15.0 Å². The molecule has 2 heterocycles. The Labute approximate surface area is 140 Å². The number of nitrogens with zero attached hydrogens (tertiary/aromatic N) is 2. The van der Waals surface area contributed by atoms with Crippen molar-refractivity contribution in [2.45, 2.75) is 31.7 Å². The van der Waals surface area contributed by atoms with Crippen molar-refractivity contribution in [2.75, 3.05) is 20.2 Å². The van der Waals surface area contributed by atoms with Gasteiger partial charge in [0.2, 0.25) is 5.91 Å². The molecule has 3 rings (SSSR count). The van der Waals surface area contributed by atoms with Crippen LogP contribution in [0.3, 0.4) is 0 Å². The number of hydrogen-bond acceptors (Lipinski definition) is 5. The predicted octanol–water partition coefficient (Wildman–Crippen LogP) is 0.999. The molecule has 1 atom stereocenters. The van der Waals surface area contributed by atoms with Crippen LogP contribution in [0.15, 0.2) is 18.2 Å². The molecule has 1 aliphatic heterocycles. The molecule has 0 radical (unpaired) electrons. The highest BCUT2D eigenvalue weighted by molar-refractivity contribution is 5.95. The topological polar surface area (TPSA) is 88.6 Å². The second-order valence-electron chi connectivity index (χ2n) is 6.27. The first-order valence-corrected chi connectivity index (χ1v) is 8.23. The van der Waals surface area contributed by atoms with E-state index in [1.54, 1.807) is 17.0 Å². The van der Waals surface area contributed by atoms with E-state index < -0.39 is 5.97 Å². The molecule has 1 N–H and O–H groups in total. The van der Waals surface area contributed by atoms with Gasteiger partial charge in [0, 0.05) is 19.1 Å². The van der Waals surface area contributed by atoms with Crippen LogP contribution < -0.4 is 5.32 Å². The lowest BCUT2D eigenvalue weighted by Crippen LogP contribution is -2.46. The zero-order valence-corrected chi connectivity index (χ0v) is 13.7. The smallest absolute Gasteiger partial charge is 0.356 e. The number of aromatic nitrogens is 1. The van der Waals surface area contributed by atoms with Gasteiger partial charge in [0.05, 0.1) is 13.0 Å². The zero-order chi connectivity index (χ0) is 17.1. The lowest BCUT2D eigenvalue weighted by Gasteiger charge is -2.31. The molecule has 1 aromatic heterocycles. The molecule has 7 heteroatoms. The van der Waals surface area contributed by atoms with Crippen LogP contribution >= 0.6 is 0 Å². The number of esters is 1. The summed E-state index contributed by atoms with van der Waals surface area (Å²) in [5.74, 6) is -0.979. The van der Waals surface area contributed by atoms with Gasteiger partial charge in [-0.15, -0.1) is 0 Å². The number of piperidine rings is 1. The summed E-state index contributed by atoms with van der Waals surface area (Å²) in [7, 11) is 1.27. The maximum absolute atomic E-state index is 12.6. The number of methoxy groups -OCH3 is 1. The van der Waals surface area contributed by atoms with Crippen molar-refractivity contribution in [1.29, 1.82) is 0 Å². The average molecular weight is 331 g/mol. The van der Waals surface area contributed by atoms with Crippen molar-refractivity contribution >= 4 is 17.8 Å². The van der Waals surface area contributed by atoms with E-state index in [9.17, 15) is 14.4 Å². The second-order valence-corrected chi connectivity index (χ2v) is 6.27. The third-order valence-corrected chi connectivity index (χ3v) is 4.37. The Hall–Kier alpha value is -2.44. The van der Waals surface area contributed by atoms with E-state index in [0.29, 0.717) is 19.1 Å². The van der Waals surface area contributed by atoms with Crippen molar-refractivity contribution in [3.8, 4) is 0 Å². The highest BCUT2D eigenvalue weighted by atomic mass is 16.5. The second kappa shape index (κ2) is 6.98. The van der Waals surface area contributed by atoms with Gasteiger partial charge in [-0.2, -0.15) is 0 Å². The van der Waals surface area contributed by atoms with Crippen LogP contribution in [0, 0.1) is 5.92 Å². The highest BCUT2D eigenvalue weighted by Crippen LogP contribution is 2.23. The van der Waals surface area contributed by atoms with Crippen LogP contribution in [0.2, 0.25) is 0 Å². The van der Waals surface area contributed by atoms with Crippen LogP contribution in [0.5, 0.6) is 0 Å². The minimum absolute atomic E-state index is 0.0336. The van der Waals surface area contributed by atoms with Gasteiger partial charge in [-0.3, -0.25) is 9.59 Å². The SMILES string of the molecule is COC(=O)c1cccc(C(=O)N2CCC[C@@H](C(=O)NC3CC3)C2)n1. The molecule has 1 saturated carbocycles. The standard InChI is InChI=1S/C17H21N3O4/c1-24-17(23)14-6-2-5-13(19-14)16(22)20-9-3-4-11(10-20)15(21)18-12-7-8-12/h2,5-6,11-12H,3-4,7-10H2,1H3,(H,18,21)/t11-/m1/s1. The van der Waals surface area contributed by atoms with E-state index in [2.05, 4.69) is 15.0 Å². The van der Waals surface area contributed by atoms with E-state index >= 15 is 0 Å². The number of ether oxygens (including phenoxy) is 1. The van der Waals surface area contributed by atoms with Gasteiger partial charge in [0.15, 0.2) is 0 Å². The summed E-state index contributed by atoms with van der Waals surface area (Å²) in [5, 5.41) is 3.00. The molecule has 128 valence electrons. The summed E-state index contributed by atoms with van der Waals surface area (Å²) in [6, 6.07) is 5.00. The molecular weight excluding hydrogens is 310 g/mol. The van der Waals surface area contributed by atoms with Gasteiger partial charge in [0.25, 0.3) is 5.91 Å². The first-order valence-electron chi connectivity index (χ1n) is 8.23. The first kappa shape index (κ1) is 16.4. The van der Waals surface area contributed by atoms with Gasteiger partial charge in [-0.25, -0.2) is 9.78 Å².